The number of fused-ring (bicyclic) bond motifs is 1. The molecule has 1 saturated carbocycles. The van der Waals surface area contributed by atoms with E-state index in [-0.39, 0.29) is 5.84 Å². The van der Waals surface area contributed by atoms with Crippen molar-refractivity contribution < 1.29 is 9.47 Å². The normalized spacial score (nSPS) is 41.9. The summed E-state index contributed by atoms with van der Waals surface area (Å²) in [7, 11) is 2.83. The highest BCUT2D eigenvalue weighted by Crippen LogP contribution is 2.86. The van der Waals surface area contributed by atoms with Crippen molar-refractivity contribution in [2.45, 2.75) is 32.6 Å². The molecular formula is C13H18N4O2. The number of hydrogen-bond donors (Lipinski definition) is 1. The average Bonchev–Trinajstić information content (AvgIpc) is 2.78. The van der Waals surface area contributed by atoms with E-state index in [1.807, 2.05) is 13.8 Å². The van der Waals surface area contributed by atoms with Crippen molar-refractivity contribution >= 4 is 5.84 Å². The van der Waals surface area contributed by atoms with Gasteiger partial charge in [-0.1, -0.05) is 20.3 Å². The maximum absolute atomic E-state index is 9.75. The third kappa shape index (κ3) is 0.959. The van der Waals surface area contributed by atoms with Gasteiger partial charge < -0.3 is 15.2 Å². The largest absolute Gasteiger partial charge is 0.386 e. The first-order chi connectivity index (χ1) is 8.93. The Balaban J connectivity index is 2.73. The van der Waals surface area contributed by atoms with Crippen molar-refractivity contribution in [1.29, 1.82) is 10.5 Å². The fourth-order valence-corrected chi connectivity index (χ4v) is 4.07. The number of amidine groups is 1. The van der Waals surface area contributed by atoms with E-state index in [0.29, 0.717) is 6.42 Å². The molecule has 0 amide bonds. The van der Waals surface area contributed by atoms with Gasteiger partial charge in [-0.2, -0.15) is 10.5 Å². The van der Waals surface area contributed by atoms with Crippen LogP contribution >= 0.6 is 0 Å². The molecule has 6 nitrogen and oxygen atoms in total. The Morgan fingerprint density at radius 2 is 1.84 bits per heavy atom. The minimum absolute atomic E-state index is 0.135. The van der Waals surface area contributed by atoms with Gasteiger partial charge in [0, 0.05) is 19.6 Å². The summed E-state index contributed by atoms with van der Waals surface area (Å²) in [6.07, 6.45) is 1.51. The first-order valence-corrected chi connectivity index (χ1v) is 6.22. The lowest BCUT2D eigenvalue weighted by Crippen LogP contribution is -2.43. The van der Waals surface area contributed by atoms with Gasteiger partial charge in [-0.15, -0.1) is 0 Å². The van der Waals surface area contributed by atoms with Crippen LogP contribution in [-0.4, -0.2) is 26.0 Å². The second-order valence-electron chi connectivity index (χ2n) is 5.29. The van der Waals surface area contributed by atoms with Crippen molar-refractivity contribution in [1.82, 2.24) is 0 Å². The number of methoxy groups -OCH3 is 2. The van der Waals surface area contributed by atoms with Crippen LogP contribution in [0.5, 0.6) is 0 Å². The molecule has 0 unspecified atom stereocenters. The Bertz CT molecular complexity index is 528. The van der Waals surface area contributed by atoms with Gasteiger partial charge in [0.05, 0.1) is 12.1 Å². The Labute approximate surface area is 112 Å². The standard InChI is InChI=1S/C13H18N4O2/c1-5-6-10(2)11(7-14)9(16)17-13(18-3,19-4)12(10,11)8-15/h5-6H2,1-4H3,(H2,16,17)/t10-,11-,12+/m0/s1. The van der Waals surface area contributed by atoms with Crippen molar-refractivity contribution in [3.8, 4) is 12.1 Å². The highest BCUT2D eigenvalue weighted by molar-refractivity contribution is 6.00. The van der Waals surface area contributed by atoms with Crippen molar-refractivity contribution in [3.63, 3.8) is 0 Å². The van der Waals surface area contributed by atoms with E-state index >= 15 is 0 Å². The predicted molar refractivity (Wildman–Crippen MR) is 67.5 cm³/mol. The molecule has 2 rings (SSSR count). The maximum atomic E-state index is 9.75. The summed E-state index contributed by atoms with van der Waals surface area (Å²) in [4.78, 5) is 4.16. The fraction of sp³-hybridized carbons (Fsp3) is 0.769. The maximum Gasteiger partial charge on any atom is 0.292 e. The molecule has 6 heteroatoms. The minimum Gasteiger partial charge on any atom is -0.386 e. The molecule has 19 heavy (non-hydrogen) atoms. The van der Waals surface area contributed by atoms with Gasteiger partial charge in [0.2, 0.25) is 0 Å². The van der Waals surface area contributed by atoms with Crippen LogP contribution in [0.1, 0.15) is 26.7 Å². The smallest absolute Gasteiger partial charge is 0.292 e. The number of rotatable bonds is 4. The zero-order chi connectivity index (χ0) is 14.5. The SMILES string of the molecule is CCC[C@@]1(C)[C@]2(C#N)C(N)=NC(OC)(OC)[C@]12C#N. The summed E-state index contributed by atoms with van der Waals surface area (Å²) >= 11 is 0. The van der Waals surface area contributed by atoms with Gasteiger partial charge in [-0.25, -0.2) is 4.99 Å². The molecule has 0 bridgehead atoms. The van der Waals surface area contributed by atoms with Gasteiger partial charge >= 0.3 is 0 Å². The lowest BCUT2D eigenvalue weighted by Gasteiger charge is -2.31. The van der Waals surface area contributed by atoms with Crippen LogP contribution in [0.3, 0.4) is 0 Å². The molecule has 1 fully saturated rings. The van der Waals surface area contributed by atoms with E-state index in [2.05, 4.69) is 17.1 Å². The summed E-state index contributed by atoms with van der Waals surface area (Å²) in [5, 5.41) is 19.4. The molecule has 0 radical (unpaired) electrons. The zero-order valence-corrected chi connectivity index (χ0v) is 11.6. The van der Waals surface area contributed by atoms with Crippen molar-refractivity contribution in [3.05, 3.63) is 0 Å². The van der Waals surface area contributed by atoms with E-state index < -0.39 is 22.2 Å². The molecule has 1 aliphatic carbocycles. The van der Waals surface area contributed by atoms with Gasteiger partial charge in [-0.3, -0.25) is 0 Å². The third-order valence-corrected chi connectivity index (χ3v) is 4.92. The molecule has 0 aromatic carbocycles. The highest BCUT2D eigenvalue weighted by atomic mass is 16.7. The first-order valence-electron chi connectivity index (χ1n) is 6.22. The predicted octanol–water partition coefficient (Wildman–Crippen LogP) is 1.14. The summed E-state index contributed by atoms with van der Waals surface area (Å²) in [5.74, 6) is -1.36. The zero-order valence-electron chi connectivity index (χ0n) is 11.6. The Hall–Kier alpha value is -1.63. The van der Waals surface area contributed by atoms with Crippen LogP contribution in [0.4, 0.5) is 0 Å². The van der Waals surface area contributed by atoms with Crippen LogP contribution in [-0.2, 0) is 9.47 Å². The third-order valence-electron chi connectivity index (χ3n) is 4.92. The molecule has 2 aliphatic rings. The number of hydrogen-bond acceptors (Lipinski definition) is 6. The van der Waals surface area contributed by atoms with Crippen LogP contribution < -0.4 is 5.73 Å². The molecule has 102 valence electrons. The number of ether oxygens (including phenoxy) is 2. The molecule has 2 N–H and O–H groups in total. The van der Waals surface area contributed by atoms with E-state index in [4.69, 9.17) is 15.2 Å². The van der Waals surface area contributed by atoms with E-state index in [1.54, 1.807) is 0 Å². The lowest BCUT2D eigenvalue weighted by atomic mass is 9.87. The first kappa shape index (κ1) is 13.8. The monoisotopic (exact) mass is 262 g/mol. The second kappa shape index (κ2) is 3.69. The highest BCUT2D eigenvalue weighted by Gasteiger charge is 2.98. The molecule has 0 aromatic heterocycles. The van der Waals surface area contributed by atoms with E-state index in [0.717, 1.165) is 6.42 Å². The summed E-state index contributed by atoms with van der Waals surface area (Å²) in [6, 6.07) is 4.45. The van der Waals surface area contributed by atoms with Gasteiger partial charge in [-0.05, 0) is 6.42 Å². The molecule has 1 heterocycles. The summed E-state index contributed by atoms with van der Waals surface area (Å²) < 4.78 is 10.7. The van der Waals surface area contributed by atoms with Gasteiger partial charge in [0.15, 0.2) is 5.41 Å². The summed E-state index contributed by atoms with van der Waals surface area (Å²) in [5.41, 5.74) is 3.04. The molecule has 3 atom stereocenters. The van der Waals surface area contributed by atoms with Crippen LogP contribution in [0, 0.1) is 38.9 Å². The number of aliphatic imine (C=N–C) groups is 1. The van der Waals surface area contributed by atoms with Crippen LogP contribution in [0.25, 0.3) is 0 Å². The van der Waals surface area contributed by atoms with Gasteiger partial charge in [0.1, 0.15) is 11.3 Å². The number of nitriles is 2. The quantitative estimate of drug-likeness (QED) is 0.765. The van der Waals surface area contributed by atoms with Crippen LogP contribution in [0.2, 0.25) is 0 Å². The van der Waals surface area contributed by atoms with E-state index in [1.165, 1.54) is 14.2 Å². The van der Waals surface area contributed by atoms with E-state index in [9.17, 15) is 10.5 Å². The average molecular weight is 262 g/mol. The Morgan fingerprint density at radius 3 is 2.21 bits per heavy atom. The minimum atomic E-state index is -1.49. The molecule has 0 aromatic rings. The van der Waals surface area contributed by atoms with Crippen molar-refractivity contribution in [2.24, 2.45) is 27.0 Å². The van der Waals surface area contributed by atoms with Gasteiger partial charge in [0.25, 0.3) is 5.91 Å². The lowest BCUT2D eigenvalue weighted by molar-refractivity contribution is -0.236. The fourth-order valence-electron chi connectivity index (χ4n) is 4.07. The molecule has 1 aliphatic heterocycles. The summed E-state index contributed by atoms with van der Waals surface area (Å²) in [6.45, 7) is 3.89. The second-order valence-corrected chi connectivity index (χ2v) is 5.29. The molecule has 0 saturated heterocycles. The topological polar surface area (TPSA) is 104 Å². The molecule has 0 spiro atoms. The Morgan fingerprint density at radius 1 is 1.26 bits per heavy atom. The molecular weight excluding hydrogens is 244 g/mol. The number of nitrogens with two attached hydrogens (primary N) is 1. The van der Waals surface area contributed by atoms with Crippen LogP contribution in [0.15, 0.2) is 4.99 Å². The Kier molecular flexibility index (Phi) is 2.68. The van der Waals surface area contributed by atoms with Crippen molar-refractivity contribution in [2.75, 3.05) is 14.2 Å². The number of nitrogens with zero attached hydrogens (tertiary/aromatic N) is 3.